The molecule has 4 saturated carbocycles. The quantitative estimate of drug-likeness (QED) is 0.135. The first-order valence-corrected chi connectivity index (χ1v) is 17.2. The molecule has 0 saturated heterocycles. The van der Waals surface area contributed by atoms with Crippen LogP contribution < -0.4 is 4.74 Å². The molecule has 0 amide bonds. The molecule has 13 heteroatoms. The summed E-state index contributed by atoms with van der Waals surface area (Å²) in [7, 11) is -4.66. The van der Waals surface area contributed by atoms with Gasteiger partial charge in [0.05, 0.1) is 15.9 Å². The van der Waals surface area contributed by atoms with Crippen molar-refractivity contribution in [3.8, 4) is 5.75 Å². The highest BCUT2D eigenvalue weighted by atomic mass is 127. The molecule has 37 heavy (non-hydrogen) atoms. The molecule has 0 aromatic heterocycles. The zero-order valence-corrected chi connectivity index (χ0v) is 28.8. The highest BCUT2D eigenvalue weighted by molar-refractivity contribution is 14.1. The lowest BCUT2D eigenvalue weighted by Crippen LogP contribution is -2.60. The van der Waals surface area contributed by atoms with Crippen LogP contribution in [-0.4, -0.2) is 30.5 Å². The topological polar surface area (TPSA) is 110 Å². The number of hydrogen-bond acceptors (Lipinski definition) is 7. The summed E-state index contributed by atoms with van der Waals surface area (Å²) in [6.45, 7) is 0. The second-order valence-electron chi connectivity index (χ2n) is 10.1. The zero-order valence-electron chi connectivity index (χ0n) is 18.9. The normalized spacial score (nSPS) is 28.3. The lowest BCUT2D eigenvalue weighted by Gasteiger charge is -2.59. The van der Waals surface area contributed by atoms with Gasteiger partial charge < -0.3 is 14.0 Å². The number of carbonyl (C=O) groups is 2. The van der Waals surface area contributed by atoms with E-state index in [4.69, 9.17) is 9.47 Å². The van der Waals surface area contributed by atoms with Crippen LogP contribution in [0.3, 0.4) is 0 Å². The van der Waals surface area contributed by atoms with Gasteiger partial charge in [-0.3, -0.25) is 4.79 Å². The number of hydrogen-bond donors (Lipinski definition) is 0. The van der Waals surface area contributed by atoms with E-state index in [-0.39, 0.29) is 29.6 Å². The van der Waals surface area contributed by atoms with Gasteiger partial charge in [0.25, 0.3) is 0 Å². The standard InChI is InChI=1S/C24H19Br3I2O7S/c25-13-2-15(26)19(16(27)3-13)21(30)36-24-8-11-1-12(9-24)7-23(6-11,10-24)22(31)35-14-4-17(28)20(18(29)5-14)37(32,33)34/h2-5,11-12H,1,6-10H2,(H,32,33,34)/p-1. The monoisotopic (exact) mass is 941 g/mol. The third-order valence-electron chi connectivity index (χ3n) is 7.39. The Labute approximate surface area is 266 Å². The molecular weight excluding hydrogens is 926 g/mol. The second-order valence-corrected chi connectivity index (χ2v) is 16.4. The molecule has 0 aliphatic heterocycles. The van der Waals surface area contributed by atoms with E-state index in [1.54, 1.807) is 57.3 Å². The molecule has 7 nitrogen and oxygen atoms in total. The van der Waals surface area contributed by atoms with Crippen LogP contribution in [0.4, 0.5) is 0 Å². The zero-order chi connectivity index (χ0) is 26.9. The highest BCUT2D eigenvalue weighted by Gasteiger charge is 2.63. The molecular formula is C24H18Br3I2O7S-. The molecule has 4 fully saturated rings. The van der Waals surface area contributed by atoms with Crippen LogP contribution in [0.5, 0.6) is 5.75 Å². The second kappa shape index (κ2) is 10.2. The molecule has 4 aliphatic carbocycles. The Kier molecular flexibility index (Phi) is 7.94. The summed E-state index contributed by atoms with van der Waals surface area (Å²) in [5.41, 5.74) is -1.15. The minimum absolute atomic E-state index is 0.190. The Morgan fingerprint density at radius 3 is 2.00 bits per heavy atom. The number of rotatable bonds is 5. The van der Waals surface area contributed by atoms with Gasteiger partial charge in [0.1, 0.15) is 21.5 Å². The summed E-state index contributed by atoms with van der Waals surface area (Å²) >= 11 is 13.8. The summed E-state index contributed by atoms with van der Waals surface area (Å²) in [5, 5.41) is 0. The van der Waals surface area contributed by atoms with Gasteiger partial charge >= 0.3 is 11.9 Å². The number of benzene rings is 2. The third-order valence-corrected chi connectivity index (χ3v) is 12.5. The van der Waals surface area contributed by atoms with E-state index in [0.29, 0.717) is 46.6 Å². The largest absolute Gasteiger partial charge is 0.744 e. The lowest BCUT2D eigenvalue weighted by atomic mass is 9.48. The number of halogens is 5. The summed E-state index contributed by atoms with van der Waals surface area (Å²) in [6, 6.07) is 6.35. The first-order valence-electron chi connectivity index (χ1n) is 11.3. The van der Waals surface area contributed by atoms with E-state index in [1.807, 2.05) is 0 Å². The Hall–Kier alpha value is 0.190. The van der Waals surface area contributed by atoms with Crippen LogP contribution in [0.1, 0.15) is 48.9 Å². The average Bonchev–Trinajstić information content (AvgIpc) is 2.69. The minimum Gasteiger partial charge on any atom is -0.744 e. The number of carbonyl (C=O) groups excluding carboxylic acids is 2. The van der Waals surface area contributed by atoms with Gasteiger partial charge in [0.15, 0.2) is 0 Å². The van der Waals surface area contributed by atoms with Crippen LogP contribution in [-0.2, 0) is 19.6 Å². The maximum Gasteiger partial charge on any atom is 0.340 e. The fourth-order valence-electron chi connectivity index (χ4n) is 6.57. The van der Waals surface area contributed by atoms with Crippen molar-refractivity contribution in [2.45, 2.75) is 49.0 Å². The highest BCUT2D eigenvalue weighted by Crippen LogP contribution is 2.63. The van der Waals surface area contributed by atoms with Gasteiger partial charge in [0, 0.05) is 27.0 Å². The fourth-order valence-corrected chi connectivity index (χ4v) is 13.1. The molecule has 4 bridgehead atoms. The smallest absolute Gasteiger partial charge is 0.340 e. The van der Waals surface area contributed by atoms with Crippen molar-refractivity contribution in [3.63, 3.8) is 0 Å². The molecule has 0 N–H and O–H groups in total. The molecule has 2 aromatic rings. The molecule has 198 valence electrons. The minimum atomic E-state index is -4.66. The van der Waals surface area contributed by atoms with Gasteiger partial charge in [-0.05, 0) is 145 Å². The van der Waals surface area contributed by atoms with Crippen molar-refractivity contribution in [1.82, 2.24) is 0 Å². The molecule has 2 aromatic carbocycles. The Bertz CT molecular complexity index is 1390. The van der Waals surface area contributed by atoms with Crippen molar-refractivity contribution in [3.05, 3.63) is 50.4 Å². The third kappa shape index (κ3) is 5.56. The molecule has 6 rings (SSSR count). The van der Waals surface area contributed by atoms with Gasteiger partial charge in [-0.2, -0.15) is 0 Å². The van der Waals surface area contributed by atoms with E-state index in [9.17, 15) is 22.6 Å². The predicted molar refractivity (Wildman–Crippen MR) is 160 cm³/mol. The van der Waals surface area contributed by atoms with Crippen LogP contribution in [0.25, 0.3) is 0 Å². The van der Waals surface area contributed by atoms with E-state index in [1.165, 1.54) is 12.1 Å². The average molecular weight is 944 g/mol. The fraction of sp³-hybridized carbons (Fsp3) is 0.417. The van der Waals surface area contributed by atoms with Gasteiger partial charge in [0.2, 0.25) is 0 Å². The van der Waals surface area contributed by atoms with Crippen molar-refractivity contribution in [2.75, 3.05) is 0 Å². The first kappa shape index (κ1) is 28.7. The van der Waals surface area contributed by atoms with Crippen LogP contribution in [0.2, 0.25) is 0 Å². The molecule has 2 unspecified atom stereocenters. The lowest BCUT2D eigenvalue weighted by molar-refractivity contribution is -0.189. The molecule has 0 radical (unpaired) electrons. The Morgan fingerprint density at radius 2 is 1.49 bits per heavy atom. The van der Waals surface area contributed by atoms with Crippen LogP contribution in [0.15, 0.2) is 42.6 Å². The summed E-state index contributed by atoms with van der Waals surface area (Å²) in [5.74, 6) is -0.179. The van der Waals surface area contributed by atoms with Crippen LogP contribution in [0, 0.1) is 24.4 Å². The maximum absolute atomic E-state index is 13.6. The van der Waals surface area contributed by atoms with Crippen LogP contribution >= 0.6 is 93.0 Å². The van der Waals surface area contributed by atoms with Gasteiger partial charge in [-0.15, -0.1) is 0 Å². The molecule has 0 heterocycles. The van der Waals surface area contributed by atoms with Crippen molar-refractivity contribution >= 4 is 115 Å². The van der Waals surface area contributed by atoms with Crippen molar-refractivity contribution < 1.29 is 32.0 Å². The SMILES string of the molecule is O=C(OC12CC3CC(C1)CC(C(=O)Oc1cc(I)c(S(=O)(=O)[O-])c(I)c1)(C3)C2)c1c(Br)cc(Br)cc1Br. The van der Waals surface area contributed by atoms with Gasteiger partial charge in [-0.25, -0.2) is 13.2 Å². The predicted octanol–water partition coefficient (Wildman–Crippen LogP) is 7.19. The molecule has 2 atom stereocenters. The summed E-state index contributed by atoms with van der Waals surface area (Å²) in [6.07, 6.45) is 4.11. The van der Waals surface area contributed by atoms with Crippen molar-refractivity contribution in [1.29, 1.82) is 0 Å². The Balaban J connectivity index is 1.41. The molecule has 4 aliphatic rings. The maximum atomic E-state index is 13.6. The summed E-state index contributed by atoms with van der Waals surface area (Å²) in [4.78, 5) is 26.7. The Morgan fingerprint density at radius 1 is 0.946 bits per heavy atom. The van der Waals surface area contributed by atoms with E-state index >= 15 is 0 Å². The number of esters is 2. The van der Waals surface area contributed by atoms with E-state index in [2.05, 4.69) is 47.8 Å². The van der Waals surface area contributed by atoms with Gasteiger partial charge in [-0.1, -0.05) is 15.9 Å². The number of ether oxygens (including phenoxy) is 2. The van der Waals surface area contributed by atoms with E-state index < -0.39 is 33.1 Å². The summed E-state index contributed by atoms with van der Waals surface area (Å²) < 4.78 is 49.2. The molecule has 0 spiro atoms. The first-order chi connectivity index (χ1) is 17.2. The van der Waals surface area contributed by atoms with Crippen molar-refractivity contribution in [2.24, 2.45) is 17.3 Å². The van der Waals surface area contributed by atoms with E-state index in [0.717, 1.165) is 10.9 Å².